The van der Waals surface area contributed by atoms with Crippen LogP contribution in [0.15, 0.2) is 0 Å². The van der Waals surface area contributed by atoms with E-state index in [1.807, 2.05) is 34.6 Å². The summed E-state index contributed by atoms with van der Waals surface area (Å²) in [5.74, 6) is 0. The summed E-state index contributed by atoms with van der Waals surface area (Å²) < 4.78 is 5.29. The normalized spacial score (nSPS) is 23.2. The van der Waals surface area contributed by atoms with Gasteiger partial charge in [-0.1, -0.05) is 0 Å². The van der Waals surface area contributed by atoms with Crippen molar-refractivity contribution in [3.05, 3.63) is 0 Å². The third kappa shape index (κ3) is 7.33. The predicted molar refractivity (Wildman–Crippen MR) is 82.8 cm³/mol. The smallest absolute Gasteiger partial charge is 0.407 e. The Morgan fingerprint density at radius 3 is 2.43 bits per heavy atom. The summed E-state index contributed by atoms with van der Waals surface area (Å²) in [6.07, 6.45) is 3.70. The molecule has 2 N–H and O–H groups in total. The van der Waals surface area contributed by atoms with Crippen LogP contribution in [0, 0.1) is 16.7 Å². The van der Waals surface area contributed by atoms with E-state index in [9.17, 15) is 4.79 Å². The largest absolute Gasteiger partial charge is 0.444 e. The zero-order chi connectivity index (χ0) is 16.1. The summed E-state index contributed by atoms with van der Waals surface area (Å²) in [5, 5.41) is 15.4. The molecule has 21 heavy (non-hydrogen) atoms. The maximum atomic E-state index is 11.8. The minimum atomic E-state index is -0.465. The number of nitriles is 1. The van der Waals surface area contributed by atoms with Gasteiger partial charge in [0.1, 0.15) is 5.60 Å². The van der Waals surface area contributed by atoms with Crippen molar-refractivity contribution in [1.82, 2.24) is 10.6 Å². The van der Waals surface area contributed by atoms with Crippen molar-refractivity contribution in [2.45, 2.75) is 78.0 Å². The van der Waals surface area contributed by atoms with Gasteiger partial charge in [-0.2, -0.15) is 5.26 Å². The van der Waals surface area contributed by atoms with Gasteiger partial charge in [0.2, 0.25) is 0 Å². The van der Waals surface area contributed by atoms with E-state index >= 15 is 0 Å². The molecule has 0 aliphatic heterocycles. The highest BCUT2D eigenvalue weighted by molar-refractivity contribution is 5.68. The predicted octanol–water partition coefficient (Wildman–Crippen LogP) is 2.96. The number of nitrogens with one attached hydrogen (secondary N) is 2. The first-order valence-corrected chi connectivity index (χ1v) is 7.75. The van der Waals surface area contributed by atoms with Crippen molar-refractivity contribution in [1.29, 1.82) is 5.26 Å². The molecule has 0 aromatic carbocycles. The fourth-order valence-electron chi connectivity index (χ4n) is 2.42. The van der Waals surface area contributed by atoms with Crippen LogP contribution >= 0.6 is 0 Å². The molecule has 120 valence electrons. The number of nitrogens with zero attached hydrogens (tertiary/aromatic N) is 1. The Labute approximate surface area is 128 Å². The second-order valence-electron chi connectivity index (χ2n) is 7.58. The van der Waals surface area contributed by atoms with E-state index in [1.54, 1.807) is 0 Å². The quantitative estimate of drug-likeness (QED) is 0.836. The summed E-state index contributed by atoms with van der Waals surface area (Å²) in [5.41, 5.74) is -0.821. The number of carbonyl (C=O) groups is 1. The van der Waals surface area contributed by atoms with E-state index in [4.69, 9.17) is 10.00 Å². The Morgan fingerprint density at radius 1 is 1.24 bits per heavy atom. The second kappa shape index (κ2) is 7.13. The van der Waals surface area contributed by atoms with Gasteiger partial charge in [-0.25, -0.2) is 4.79 Å². The van der Waals surface area contributed by atoms with Crippen LogP contribution < -0.4 is 10.6 Å². The molecule has 2 unspecified atom stereocenters. The van der Waals surface area contributed by atoms with Gasteiger partial charge >= 0.3 is 6.09 Å². The molecule has 5 heteroatoms. The SMILES string of the molecule is CC(C)(C#N)CNC1CCCC(NC(=O)OC(C)(C)C)C1. The number of alkyl carbamates (subject to hydrolysis) is 1. The van der Waals surface area contributed by atoms with Crippen LogP contribution in [0.2, 0.25) is 0 Å². The lowest BCUT2D eigenvalue weighted by atomic mass is 9.89. The summed E-state index contributed by atoms with van der Waals surface area (Å²) in [7, 11) is 0. The lowest BCUT2D eigenvalue weighted by Gasteiger charge is -2.32. The van der Waals surface area contributed by atoms with Gasteiger partial charge in [0, 0.05) is 18.6 Å². The monoisotopic (exact) mass is 295 g/mol. The maximum absolute atomic E-state index is 11.8. The number of hydrogen-bond acceptors (Lipinski definition) is 4. The molecule has 1 aliphatic carbocycles. The van der Waals surface area contributed by atoms with Crippen molar-refractivity contribution in [3.8, 4) is 6.07 Å². The molecule has 1 saturated carbocycles. The van der Waals surface area contributed by atoms with Gasteiger partial charge in [-0.05, 0) is 60.3 Å². The molecule has 0 aromatic rings. The van der Waals surface area contributed by atoms with E-state index in [0.29, 0.717) is 12.6 Å². The molecule has 5 nitrogen and oxygen atoms in total. The highest BCUT2D eigenvalue weighted by Crippen LogP contribution is 2.21. The van der Waals surface area contributed by atoms with Gasteiger partial charge in [-0.3, -0.25) is 0 Å². The van der Waals surface area contributed by atoms with E-state index in [0.717, 1.165) is 25.7 Å². The van der Waals surface area contributed by atoms with Crippen LogP contribution in [0.3, 0.4) is 0 Å². The van der Waals surface area contributed by atoms with E-state index in [-0.39, 0.29) is 17.6 Å². The molecule has 2 atom stereocenters. The van der Waals surface area contributed by atoms with Crippen LogP contribution in [0.5, 0.6) is 0 Å². The minimum absolute atomic E-state index is 0.149. The van der Waals surface area contributed by atoms with Crippen molar-refractivity contribution in [2.75, 3.05) is 6.54 Å². The average molecular weight is 295 g/mol. The topological polar surface area (TPSA) is 74.2 Å². The summed E-state index contributed by atoms with van der Waals surface area (Å²) >= 11 is 0. The van der Waals surface area contributed by atoms with Crippen molar-refractivity contribution >= 4 is 6.09 Å². The Morgan fingerprint density at radius 2 is 1.86 bits per heavy atom. The molecule has 1 amide bonds. The number of hydrogen-bond donors (Lipinski definition) is 2. The lowest BCUT2D eigenvalue weighted by molar-refractivity contribution is 0.0488. The molecule has 0 heterocycles. The van der Waals surface area contributed by atoms with Gasteiger partial charge < -0.3 is 15.4 Å². The maximum Gasteiger partial charge on any atom is 0.407 e. The first-order chi connectivity index (χ1) is 9.61. The Balaban J connectivity index is 2.39. The number of ether oxygens (including phenoxy) is 1. The van der Waals surface area contributed by atoms with E-state index < -0.39 is 5.60 Å². The molecule has 0 saturated heterocycles. The summed E-state index contributed by atoms with van der Waals surface area (Å²) in [6, 6.07) is 2.80. The third-order valence-corrected chi connectivity index (χ3v) is 3.53. The van der Waals surface area contributed by atoms with Crippen LogP contribution in [0.4, 0.5) is 4.79 Å². The molecule has 0 aromatic heterocycles. The zero-order valence-electron chi connectivity index (χ0n) is 14.0. The first-order valence-electron chi connectivity index (χ1n) is 7.75. The van der Waals surface area contributed by atoms with Crippen LogP contribution in [0.1, 0.15) is 60.3 Å². The fourth-order valence-corrected chi connectivity index (χ4v) is 2.42. The van der Waals surface area contributed by atoms with Gasteiger partial charge in [0.05, 0.1) is 11.5 Å². The highest BCUT2D eigenvalue weighted by atomic mass is 16.6. The zero-order valence-corrected chi connectivity index (χ0v) is 14.0. The number of carbonyl (C=O) groups excluding carboxylic acids is 1. The third-order valence-electron chi connectivity index (χ3n) is 3.53. The van der Waals surface area contributed by atoms with E-state index in [2.05, 4.69) is 16.7 Å². The summed E-state index contributed by atoms with van der Waals surface area (Å²) in [6.45, 7) is 10.1. The average Bonchev–Trinajstić information content (AvgIpc) is 2.34. The minimum Gasteiger partial charge on any atom is -0.444 e. The lowest BCUT2D eigenvalue weighted by Crippen LogP contribution is -2.47. The van der Waals surface area contributed by atoms with Gasteiger partial charge in [0.15, 0.2) is 0 Å². The standard InChI is InChI=1S/C16H29N3O2/c1-15(2,3)21-14(20)19-13-8-6-7-12(9-13)18-11-16(4,5)10-17/h12-13,18H,6-9,11H2,1-5H3,(H,19,20). The van der Waals surface area contributed by atoms with Crippen molar-refractivity contribution in [2.24, 2.45) is 5.41 Å². The number of rotatable bonds is 4. The Bertz CT molecular complexity index is 393. The van der Waals surface area contributed by atoms with Crippen LogP contribution in [-0.4, -0.2) is 30.3 Å². The second-order valence-corrected chi connectivity index (χ2v) is 7.58. The van der Waals surface area contributed by atoms with E-state index in [1.165, 1.54) is 0 Å². The van der Waals surface area contributed by atoms with Gasteiger partial charge in [0.25, 0.3) is 0 Å². The summed E-state index contributed by atoms with van der Waals surface area (Å²) in [4.78, 5) is 11.8. The Hall–Kier alpha value is -1.28. The molecule has 0 radical (unpaired) electrons. The van der Waals surface area contributed by atoms with Crippen LogP contribution in [0.25, 0.3) is 0 Å². The molecule has 0 spiro atoms. The van der Waals surface area contributed by atoms with Crippen LogP contribution in [-0.2, 0) is 4.74 Å². The van der Waals surface area contributed by atoms with Crippen molar-refractivity contribution in [3.63, 3.8) is 0 Å². The highest BCUT2D eigenvalue weighted by Gasteiger charge is 2.26. The molecule has 0 bridgehead atoms. The molecule has 1 aliphatic rings. The fraction of sp³-hybridized carbons (Fsp3) is 0.875. The molecule has 1 rings (SSSR count). The molecular weight excluding hydrogens is 266 g/mol. The molecular formula is C16H29N3O2. The van der Waals surface area contributed by atoms with Gasteiger partial charge in [-0.15, -0.1) is 0 Å². The molecule has 1 fully saturated rings. The number of amides is 1. The Kier molecular flexibility index (Phi) is 6.03. The van der Waals surface area contributed by atoms with Crippen molar-refractivity contribution < 1.29 is 9.53 Å². The first kappa shape index (κ1) is 17.8.